The first-order chi connectivity index (χ1) is 9.95. The Bertz CT molecular complexity index is 651. The van der Waals surface area contributed by atoms with Gasteiger partial charge in [0.2, 0.25) is 0 Å². The molecule has 0 aromatic carbocycles. The summed E-state index contributed by atoms with van der Waals surface area (Å²) in [4.78, 5) is 21.8. The van der Waals surface area contributed by atoms with Crippen molar-refractivity contribution in [3.63, 3.8) is 0 Å². The van der Waals surface area contributed by atoms with Gasteiger partial charge in [0.15, 0.2) is 0 Å². The van der Waals surface area contributed by atoms with Crippen LogP contribution in [0.4, 0.5) is 5.69 Å². The average molecular weight is 301 g/mol. The normalized spacial score (nSPS) is 15.0. The van der Waals surface area contributed by atoms with Crippen LogP contribution in [0.5, 0.6) is 0 Å². The van der Waals surface area contributed by atoms with Crippen molar-refractivity contribution in [3.8, 4) is 0 Å². The number of aromatic nitrogens is 2. The lowest BCUT2D eigenvalue weighted by molar-refractivity contribution is 0.102. The van der Waals surface area contributed by atoms with Gasteiger partial charge in [-0.15, -0.1) is 11.3 Å². The van der Waals surface area contributed by atoms with E-state index in [4.69, 9.17) is 0 Å². The summed E-state index contributed by atoms with van der Waals surface area (Å²) >= 11 is 1.50. The Morgan fingerprint density at radius 1 is 1.29 bits per heavy atom. The SMILES string of the molecule is CC(C)(C)c1ncc(NC(=O)c2sccc2C2CC2)cn1. The molecular formula is C16H19N3OS. The lowest BCUT2D eigenvalue weighted by atomic mass is 9.96. The summed E-state index contributed by atoms with van der Waals surface area (Å²) in [6, 6.07) is 2.07. The minimum atomic E-state index is -0.0879. The fourth-order valence-corrected chi connectivity index (χ4v) is 3.07. The highest BCUT2D eigenvalue weighted by Gasteiger charge is 2.29. The smallest absolute Gasteiger partial charge is 0.266 e. The Kier molecular flexibility index (Phi) is 3.53. The number of amides is 1. The first kappa shape index (κ1) is 14.2. The Morgan fingerprint density at radius 3 is 2.52 bits per heavy atom. The first-order valence-electron chi connectivity index (χ1n) is 7.16. The lowest BCUT2D eigenvalue weighted by Gasteiger charge is -2.16. The predicted octanol–water partition coefficient (Wildman–Crippen LogP) is 3.97. The third-order valence-corrected chi connectivity index (χ3v) is 4.43. The average Bonchev–Trinajstić information content (AvgIpc) is 3.15. The molecule has 0 bridgehead atoms. The maximum absolute atomic E-state index is 12.4. The summed E-state index contributed by atoms with van der Waals surface area (Å²) in [6.07, 6.45) is 5.74. The Balaban J connectivity index is 1.74. The van der Waals surface area contributed by atoms with Crippen LogP contribution in [0.2, 0.25) is 0 Å². The van der Waals surface area contributed by atoms with E-state index in [1.54, 1.807) is 12.4 Å². The number of thiophene rings is 1. The molecule has 2 aromatic rings. The third kappa shape index (κ3) is 3.13. The summed E-state index contributed by atoms with van der Waals surface area (Å²) in [5.74, 6) is 1.30. The number of anilines is 1. The molecule has 110 valence electrons. The Labute approximate surface area is 128 Å². The number of nitrogens with zero attached hydrogens (tertiary/aromatic N) is 2. The number of carbonyl (C=O) groups is 1. The van der Waals surface area contributed by atoms with Crippen molar-refractivity contribution in [1.29, 1.82) is 0 Å². The summed E-state index contributed by atoms with van der Waals surface area (Å²) in [7, 11) is 0. The van der Waals surface area contributed by atoms with Gasteiger partial charge in [0, 0.05) is 5.41 Å². The van der Waals surface area contributed by atoms with Gasteiger partial charge in [-0.25, -0.2) is 9.97 Å². The Hall–Kier alpha value is -1.75. The van der Waals surface area contributed by atoms with Crippen LogP contribution in [0, 0.1) is 0 Å². The van der Waals surface area contributed by atoms with Crippen molar-refractivity contribution in [2.24, 2.45) is 0 Å². The molecule has 4 nitrogen and oxygen atoms in total. The van der Waals surface area contributed by atoms with Crippen LogP contribution in [0.1, 0.15) is 60.6 Å². The largest absolute Gasteiger partial charge is 0.319 e. The zero-order valence-corrected chi connectivity index (χ0v) is 13.3. The molecule has 2 heterocycles. The predicted molar refractivity (Wildman–Crippen MR) is 85.0 cm³/mol. The van der Waals surface area contributed by atoms with E-state index in [1.807, 2.05) is 5.38 Å². The molecule has 2 aromatic heterocycles. The van der Waals surface area contributed by atoms with E-state index < -0.39 is 0 Å². The summed E-state index contributed by atoms with van der Waals surface area (Å²) in [5.41, 5.74) is 1.74. The maximum Gasteiger partial charge on any atom is 0.266 e. The molecule has 1 aliphatic rings. The van der Waals surface area contributed by atoms with Gasteiger partial charge in [-0.1, -0.05) is 20.8 Å². The first-order valence-corrected chi connectivity index (χ1v) is 8.04. The highest BCUT2D eigenvalue weighted by atomic mass is 32.1. The van der Waals surface area contributed by atoms with E-state index in [0.717, 1.165) is 10.7 Å². The molecule has 0 radical (unpaired) electrons. The highest BCUT2D eigenvalue weighted by molar-refractivity contribution is 7.12. The summed E-state index contributed by atoms with van der Waals surface area (Å²) in [5, 5.41) is 4.88. The molecule has 1 aliphatic carbocycles. The molecule has 0 unspecified atom stereocenters. The van der Waals surface area contributed by atoms with Crippen LogP contribution in [-0.4, -0.2) is 15.9 Å². The second-order valence-corrected chi connectivity index (χ2v) is 7.39. The second-order valence-electron chi connectivity index (χ2n) is 6.48. The van der Waals surface area contributed by atoms with Gasteiger partial charge in [0.25, 0.3) is 5.91 Å². The molecule has 0 saturated heterocycles. The van der Waals surface area contributed by atoms with Gasteiger partial charge < -0.3 is 5.32 Å². The van der Waals surface area contributed by atoms with E-state index >= 15 is 0 Å². The van der Waals surface area contributed by atoms with Gasteiger partial charge in [0.1, 0.15) is 5.82 Å². The summed E-state index contributed by atoms with van der Waals surface area (Å²) in [6.45, 7) is 6.19. The molecule has 0 aliphatic heterocycles. The molecule has 1 saturated carbocycles. The second kappa shape index (κ2) is 5.22. The molecule has 1 amide bonds. The molecular weight excluding hydrogens is 282 g/mol. The minimum absolute atomic E-state index is 0.0565. The van der Waals surface area contributed by atoms with Crippen molar-refractivity contribution < 1.29 is 4.79 Å². The molecule has 0 spiro atoms. The zero-order valence-electron chi connectivity index (χ0n) is 12.5. The van der Waals surface area contributed by atoms with Crippen molar-refractivity contribution in [2.75, 3.05) is 5.32 Å². The maximum atomic E-state index is 12.4. The van der Waals surface area contributed by atoms with Gasteiger partial charge in [-0.3, -0.25) is 4.79 Å². The number of rotatable bonds is 3. The minimum Gasteiger partial charge on any atom is -0.319 e. The van der Waals surface area contributed by atoms with Crippen molar-refractivity contribution >= 4 is 22.9 Å². The monoisotopic (exact) mass is 301 g/mol. The molecule has 5 heteroatoms. The van der Waals surface area contributed by atoms with Crippen LogP contribution in [-0.2, 0) is 5.41 Å². The van der Waals surface area contributed by atoms with Crippen molar-refractivity contribution in [3.05, 3.63) is 40.1 Å². The van der Waals surface area contributed by atoms with E-state index in [-0.39, 0.29) is 11.3 Å². The van der Waals surface area contributed by atoms with Crippen LogP contribution in [0.3, 0.4) is 0 Å². The fraction of sp³-hybridized carbons (Fsp3) is 0.438. The molecule has 1 N–H and O–H groups in total. The molecule has 1 fully saturated rings. The number of hydrogen-bond acceptors (Lipinski definition) is 4. The topological polar surface area (TPSA) is 54.9 Å². The van der Waals surface area contributed by atoms with E-state index in [2.05, 4.69) is 42.1 Å². The highest BCUT2D eigenvalue weighted by Crippen LogP contribution is 2.43. The van der Waals surface area contributed by atoms with E-state index in [9.17, 15) is 4.79 Å². The standard InChI is InChI=1S/C16H19N3OS/c1-16(2,3)15-17-8-11(9-18-15)19-14(20)13-12(6-7-21-13)10-4-5-10/h6-10H,4-5H2,1-3H3,(H,19,20). The molecule has 0 atom stereocenters. The van der Waals surface area contributed by atoms with E-state index in [1.165, 1.54) is 29.7 Å². The quantitative estimate of drug-likeness (QED) is 0.933. The Morgan fingerprint density at radius 2 is 1.95 bits per heavy atom. The van der Waals surface area contributed by atoms with Gasteiger partial charge >= 0.3 is 0 Å². The van der Waals surface area contributed by atoms with E-state index in [0.29, 0.717) is 11.6 Å². The number of nitrogens with one attached hydrogen (secondary N) is 1. The van der Waals surface area contributed by atoms with Gasteiger partial charge in [-0.05, 0) is 35.8 Å². The van der Waals surface area contributed by atoms with Crippen molar-refractivity contribution in [2.45, 2.75) is 44.9 Å². The van der Waals surface area contributed by atoms with Crippen LogP contribution >= 0.6 is 11.3 Å². The summed E-state index contributed by atoms with van der Waals surface area (Å²) < 4.78 is 0. The number of carbonyl (C=O) groups excluding carboxylic acids is 1. The number of hydrogen-bond donors (Lipinski definition) is 1. The lowest BCUT2D eigenvalue weighted by Crippen LogP contribution is -2.17. The third-order valence-electron chi connectivity index (χ3n) is 3.50. The van der Waals surface area contributed by atoms with Crippen LogP contribution < -0.4 is 5.32 Å². The zero-order chi connectivity index (χ0) is 15.0. The van der Waals surface area contributed by atoms with Gasteiger partial charge in [-0.2, -0.15) is 0 Å². The molecule has 3 rings (SSSR count). The van der Waals surface area contributed by atoms with Crippen molar-refractivity contribution in [1.82, 2.24) is 9.97 Å². The molecule has 21 heavy (non-hydrogen) atoms. The van der Waals surface area contributed by atoms with Crippen LogP contribution in [0.25, 0.3) is 0 Å². The van der Waals surface area contributed by atoms with Crippen LogP contribution in [0.15, 0.2) is 23.8 Å². The van der Waals surface area contributed by atoms with Gasteiger partial charge in [0.05, 0.1) is 23.0 Å². The fourth-order valence-electron chi connectivity index (χ4n) is 2.19.